The lowest BCUT2D eigenvalue weighted by Crippen LogP contribution is -2.53. The Hall–Kier alpha value is -4.91. The van der Waals surface area contributed by atoms with Gasteiger partial charge < -0.3 is 19.7 Å². The number of hydrogen-bond acceptors (Lipinski definition) is 9. The molecule has 12 nitrogen and oxygen atoms in total. The molecule has 6 unspecified atom stereocenters. The van der Waals surface area contributed by atoms with E-state index in [1.54, 1.807) is 54.6 Å². The van der Waals surface area contributed by atoms with Crippen molar-refractivity contribution in [3.63, 3.8) is 0 Å². The van der Waals surface area contributed by atoms with E-state index in [-0.39, 0.29) is 62.1 Å². The van der Waals surface area contributed by atoms with Gasteiger partial charge in [0.05, 0.1) is 47.6 Å². The zero-order chi connectivity index (χ0) is 37.6. The number of benzene rings is 3. The Bertz CT molecular complexity index is 2020. The van der Waals surface area contributed by atoms with Crippen LogP contribution >= 0.6 is 23.2 Å². The second kappa shape index (κ2) is 14.5. The van der Waals surface area contributed by atoms with Gasteiger partial charge in [0.15, 0.2) is 0 Å². The van der Waals surface area contributed by atoms with Gasteiger partial charge in [-0.15, -0.1) is 0 Å². The number of fused-ring (bicyclic) bond motifs is 4. The number of halogens is 2. The standard InChI is InChI=1S/C39H37Cl2N3O9/c1-52-23-11-8-21(9-12-23)39-28(36(49)44(38(39)51)42-30-15-10-22(40)19-29(30)41)20-27-24(34(39)25-5-2-3-6-31(25)53-18-17-45)13-14-26-33(27)37(50)43(35(26)48)16-4-7-32(46)47/h2-3,5-6,8-13,15,19,26-28,33-34,42,45H,4,7,14,16-18,20H2,1H3,(H,46,47). The van der Waals surface area contributed by atoms with E-state index in [0.717, 1.165) is 15.5 Å². The van der Waals surface area contributed by atoms with Gasteiger partial charge in [0.25, 0.3) is 11.8 Å². The number of amides is 4. The normalized spacial score (nSPS) is 26.2. The summed E-state index contributed by atoms with van der Waals surface area (Å²) in [5.74, 6) is -6.07. The molecule has 0 spiro atoms. The summed E-state index contributed by atoms with van der Waals surface area (Å²) in [7, 11) is 1.53. The van der Waals surface area contributed by atoms with Crippen molar-refractivity contribution in [2.24, 2.45) is 23.7 Å². The Kier molecular flexibility index (Phi) is 9.96. The molecule has 3 fully saturated rings. The smallest absolute Gasteiger partial charge is 0.303 e. The van der Waals surface area contributed by atoms with Crippen molar-refractivity contribution in [2.75, 3.05) is 32.3 Å². The Morgan fingerprint density at radius 1 is 0.981 bits per heavy atom. The van der Waals surface area contributed by atoms with Crippen molar-refractivity contribution in [3.8, 4) is 11.5 Å². The van der Waals surface area contributed by atoms with Crippen LogP contribution in [0.2, 0.25) is 10.0 Å². The molecule has 3 aromatic carbocycles. The van der Waals surface area contributed by atoms with E-state index in [0.29, 0.717) is 27.6 Å². The van der Waals surface area contributed by atoms with E-state index >= 15 is 4.79 Å². The second-order valence-corrected chi connectivity index (χ2v) is 14.5. The van der Waals surface area contributed by atoms with Crippen molar-refractivity contribution in [2.45, 2.75) is 37.0 Å². The Morgan fingerprint density at radius 2 is 1.74 bits per heavy atom. The lowest BCUT2D eigenvalue weighted by Gasteiger charge is -2.50. The maximum Gasteiger partial charge on any atom is 0.303 e. The molecule has 53 heavy (non-hydrogen) atoms. The van der Waals surface area contributed by atoms with Crippen LogP contribution in [0.4, 0.5) is 5.69 Å². The molecule has 2 heterocycles. The van der Waals surface area contributed by atoms with Crippen LogP contribution in [-0.2, 0) is 29.4 Å². The third-order valence-electron chi connectivity index (χ3n) is 11.0. The number of carboxylic acids is 1. The number of imide groups is 2. The zero-order valence-corrected chi connectivity index (χ0v) is 30.2. The largest absolute Gasteiger partial charge is 0.497 e. The third-order valence-corrected chi connectivity index (χ3v) is 11.6. The van der Waals surface area contributed by atoms with Crippen LogP contribution < -0.4 is 14.9 Å². The Labute approximate surface area is 315 Å². The van der Waals surface area contributed by atoms with Crippen LogP contribution in [0.3, 0.4) is 0 Å². The van der Waals surface area contributed by atoms with Crippen molar-refractivity contribution >= 4 is 58.5 Å². The maximum absolute atomic E-state index is 15.4. The van der Waals surface area contributed by atoms with Crippen LogP contribution in [0, 0.1) is 23.7 Å². The molecule has 2 saturated heterocycles. The third kappa shape index (κ3) is 6.02. The van der Waals surface area contributed by atoms with Gasteiger partial charge in [-0.2, -0.15) is 5.01 Å². The fourth-order valence-corrected chi connectivity index (χ4v) is 9.32. The summed E-state index contributed by atoms with van der Waals surface area (Å²) in [6.07, 6.45) is 2.11. The van der Waals surface area contributed by atoms with Gasteiger partial charge in [-0.1, -0.05) is 65.2 Å². The predicted molar refractivity (Wildman–Crippen MR) is 193 cm³/mol. The molecule has 2 aliphatic heterocycles. The lowest BCUT2D eigenvalue weighted by molar-refractivity contribution is -0.142. The van der Waals surface area contributed by atoms with E-state index < -0.39 is 58.7 Å². The molecular formula is C39H37Cl2N3O9. The number of ether oxygens (including phenoxy) is 2. The first-order valence-corrected chi connectivity index (χ1v) is 18.1. The number of aliphatic carboxylic acids is 1. The molecule has 14 heteroatoms. The molecule has 2 aliphatic carbocycles. The highest BCUT2D eigenvalue weighted by Crippen LogP contribution is 2.65. The van der Waals surface area contributed by atoms with Crippen molar-refractivity contribution in [1.29, 1.82) is 0 Å². The van der Waals surface area contributed by atoms with Crippen LogP contribution in [0.25, 0.3) is 0 Å². The van der Waals surface area contributed by atoms with Crippen molar-refractivity contribution < 1.29 is 43.7 Å². The first-order chi connectivity index (χ1) is 25.5. The summed E-state index contributed by atoms with van der Waals surface area (Å²) in [6, 6.07) is 18.7. The molecule has 4 amide bonds. The van der Waals surface area contributed by atoms with Crippen LogP contribution in [0.5, 0.6) is 11.5 Å². The molecule has 4 aliphatic rings. The number of nitrogens with zero attached hydrogens (tertiary/aromatic N) is 2. The lowest BCUT2D eigenvalue weighted by atomic mass is 9.49. The number of carboxylic acid groups (broad SMARTS) is 1. The molecule has 0 radical (unpaired) electrons. The summed E-state index contributed by atoms with van der Waals surface area (Å²) < 4.78 is 11.5. The number of anilines is 1. The second-order valence-electron chi connectivity index (χ2n) is 13.6. The summed E-state index contributed by atoms with van der Waals surface area (Å²) in [4.78, 5) is 70.7. The number of para-hydroxylation sites is 1. The molecule has 7 rings (SSSR count). The number of hydrazine groups is 1. The number of nitrogens with one attached hydrogen (secondary N) is 1. The number of methoxy groups -OCH3 is 1. The minimum atomic E-state index is -1.59. The number of aliphatic hydroxyl groups excluding tert-OH is 1. The fraction of sp³-hybridized carbons (Fsp3) is 0.359. The van der Waals surface area contributed by atoms with E-state index in [4.69, 9.17) is 32.7 Å². The van der Waals surface area contributed by atoms with Crippen LogP contribution in [-0.4, -0.2) is 76.6 Å². The topological polar surface area (TPSA) is 163 Å². The number of likely N-dealkylation sites (tertiary alicyclic amines) is 1. The predicted octanol–water partition coefficient (Wildman–Crippen LogP) is 5.22. The quantitative estimate of drug-likeness (QED) is 0.165. The minimum Gasteiger partial charge on any atom is -0.497 e. The summed E-state index contributed by atoms with van der Waals surface area (Å²) in [5.41, 5.74) is 3.48. The molecule has 0 aromatic heterocycles. The molecule has 276 valence electrons. The maximum atomic E-state index is 15.4. The molecular weight excluding hydrogens is 725 g/mol. The molecule has 0 bridgehead atoms. The number of aliphatic hydroxyl groups is 1. The van der Waals surface area contributed by atoms with Crippen LogP contribution in [0.1, 0.15) is 42.7 Å². The number of allylic oxidation sites excluding steroid dienone is 2. The van der Waals surface area contributed by atoms with Crippen LogP contribution in [0.15, 0.2) is 78.4 Å². The number of carbonyl (C=O) groups excluding carboxylic acids is 4. The summed E-state index contributed by atoms with van der Waals surface area (Å²) >= 11 is 12.7. The van der Waals surface area contributed by atoms with Gasteiger partial charge in [-0.3, -0.25) is 34.3 Å². The van der Waals surface area contributed by atoms with Gasteiger partial charge in [-0.05, 0) is 67.1 Å². The van der Waals surface area contributed by atoms with E-state index in [9.17, 15) is 29.4 Å². The van der Waals surface area contributed by atoms with Gasteiger partial charge in [0.2, 0.25) is 11.8 Å². The molecule has 6 atom stereocenters. The van der Waals surface area contributed by atoms with Crippen molar-refractivity contribution in [1.82, 2.24) is 9.91 Å². The first-order valence-electron chi connectivity index (χ1n) is 17.4. The number of carbonyl (C=O) groups is 5. The highest BCUT2D eigenvalue weighted by atomic mass is 35.5. The molecule has 3 N–H and O–H groups in total. The Morgan fingerprint density at radius 3 is 2.43 bits per heavy atom. The monoisotopic (exact) mass is 761 g/mol. The minimum absolute atomic E-state index is 0.0313. The van der Waals surface area contributed by atoms with E-state index in [1.807, 2.05) is 12.1 Å². The Balaban J connectivity index is 1.43. The zero-order valence-electron chi connectivity index (χ0n) is 28.7. The molecule has 3 aromatic rings. The summed E-state index contributed by atoms with van der Waals surface area (Å²) in [5, 5.41) is 20.5. The van der Waals surface area contributed by atoms with Gasteiger partial charge >= 0.3 is 5.97 Å². The van der Waals surface area contributed by atoms with Gasteiger partial charge in [-0.25, -0.2) is 0 Å². The number of rotatable bonds is 12. The average molecular weight is 763 g/mol. The summed E-state index contributed by atoms with van der Waals surface area (Å²) in [6.45, 7) is -0.341. The molecule has 1 saturated carbocycles. The highest BCUT2D eigenvalue weighted by Gasteiger charge is 2.70. The van der Waals surface area contributed by atoms with Crippen molar-refractivity contribution in [3.05, 3.63) is 99.6 Å². The highest BCUT2D eigenvalue weighted by molar-refractivity contribution is 6.36. The first kappa shape index (κ1) is 36.4. The fourth-order valence-electron chi connectivity index (χ4n) is 8.87. The van der Waals surface area contributed by atoms with E-state index in [2.05, 4.69) is 5.43 Å². The average Bonchev–Trinajstić information content (AvgIpc) is 3.52. The van der Waals surface area contributed by atoms with E-state index in [1.165, 1.54) is 13.2 Å². The number of hydrogen-bond donors (Lipinski definition) is 3. The SMILES string of the molecule is COc1ccc(C23C(=O)N(Nc4ccc(Cl)cc4Cl)C(=O)C2CC2C(=CCC4C(=O)N(CCCC(=O)O)C(=O)C42)C3c2ccccc2OCCO)cc1. The van der Waals surface area contributed by atoms with Gasteiger partial charge in [0.1, 0.15) is 18.1 Å². The van der Waals surface area contributed by atoms with Gasteiger partial charge in [0, 0.05) is 29.5 Å².